The Kier molecular flexibility index (Phi) is 6.26. The van der Waals surface area contributed by atoms with E-state index in [0.29, 0.717) is 18.7 Å². The second-order valence-corrected chi connectivity index (χ2v) is 9.95. The zero-order chi connectivity index (χ0) is 19.5. The molecule has 0 radical (unpaired) electrons. The van der Waals surface area contributed by atoms with Gasteiger partial charge in [0.05, 0.1) is 11.4 Å². The van der Waals surface area contributed by atoms with E-state index < -0.39 is 15.6 Å². The Labute approximate surface area is 160 Å². The topological polar surface area (TPSA) is 66.5 Å². The fourth-order valence-corrected chi connectivity index (χ4v) is 4.71. The van der Waals surface area contributed by atoms with Gasteiger partial charge in [0.2, 0.25) is 10.0 Å². The van der Waals surface area contributed by atoms with Gasteiger partial charge < -0.3 is 4.90 Å². The molecule has 0 saturated carbocycles. The summed E-state index contributed by atoms with van der Waals surface area (Å²) in [6.45, 7) is 10.2. The van der Waals surface area contributed by atoms with Crippen molar-refractivity contribution in [1.29, 1.82) is 0 Å². The first-order chi connectivity index (χ1) is 12.0. The van der Waals surface area contributed by atoms with Gasteiger partial charge >= 0.3 is 0 Å². The molecule has 1 N–H and O–H groups in total. The molecule has 0 unspecified atom stereocenters. The van der Waals surface area contributed by atoms with Crippen molar-refractivity contribution in [2.75, 3.05) is 6.54 Å². The molecule has 2 aromatic rings. The molecule has 1 aromatic carbocycles. The average Bonchev–Trinajstić information content (AvgIpc) is 3.03. The van der Waals surface area contributed by atoms with Crippen LogP contribution in [0, 0.1) is 6.92 Å². The van der Waals surface area contributed by atoms with Crippen LogP contribution in [0.2, 0.25) is 0 Å². The summed E-state index contributed by atoms with van der Waals surface area (Å²) in [5.41, 5.74) is 0.581. The molecule has 0 aliphatic heterocycles. The number of aryl methyl sites for hydroxylation is 1. The molecule has 0 saturated heterocycles. The Morgan fingerprint density at radius 3 is 2.46 bits per heavy atom. The summed E-state index contributed by atoms with van der Waals surface area (Å²) in [4.78, 5) is 15.9. The lowest BCUT2D eigenvalue weighted by molar-refractivity contribution is 0.0753. The van der Waals surface area contributed by atoms with Crippen LogP contribution in [0.15, 0.2) is 40.6 Å². The lowest BCUT2D eigenvalue weighted by Crippen LogP contribution is -2.40. The summed E-state index contributed by atoms with van der Waals surface area (Å²) in [6, 6.07) is 8.64. The highest BCUT2D eigenvalue weighted by molar-refractivity contribution is 7.89. The molecular weight excluding hydrogens is 368 g/mol. The first kappa shape index (κ1) is 20.6. The molecule has 1 amide bonds. The van der Waals surface area contributed by atoms with E-state index in [0.717, 1.165) is 10.4 Å². The summed E-state index contributed by atoms with van der Waals surface area (Å²) in [5, 5.41) is 1.98. The Hall–Kier alpha value is -1.70. The van der Waals surface area contributed by atoms with Crippen LogP contribution >= 0.6 is 11.3 Å². The van der Waals surface area contributed by atoms with E-state index in [1.807, 2.05) is 31.4 Å². The van der Waals surface area contributed by atoms with Gasteiger partial charge in [0.15, 0.2) is 0 Å². The van der Waals surface area contributed by atoms with Gasteiger partial charge in [-0.25, -0.2) is 13.1 Å². The predicted molar refractivity (Wildman–Crippen MR) is 106 cm³/mol. The van der Waals surface area contributed by atoms with E-state index in [1.54, 1.807) is 43.1 Å². The van der Waals surface area contributed by atoms with Gasteiger partial charge in [0.25, 0.3) is 5.91 Å². The first-order valence-electron chi connectivity index (χ1n) is 8.50. The molecular formula is C19H26N2O3S2. The van der Waals surface area contributed by atoms with Crippen molar-refractivity contribution in [3.05, 3.63) is 51.7 Å². The van der Waals surface area contributed by atoms with E-state index >= 15 is 0 Å². The molecule has 0 atom stereocenters. The predicted octanol–water partition coefficient (Wildman–Crippen LogP) is 3.80. The van der Waals surface area contributed by atoms with E-state index in [9.17, 15) is 13.2 Å². The minimum Gasteiger partial charge on any atom is -0.334 e. The standard InChI is InChI=1S/C19H26N2O3S2/c1-6-21(13-15-8-7-11-25-15)18(22)17-12-16(10-9-14(17)2)26(23,24)20-19(3,4)5/h7-12,20H,6,13H2,1-5H3. The normalized spacial score (nSPS) is 12.2. The summed E-state index contributed by atoms with van der Waals surface area (Å²) in [6.07, 6.45) is 0. The highest BCUT2D eigenvalue weighted by atomic mass is 32.2. The lowest BCUT2D eigenvalue weighted by atomic mass is 10.1. The third-order valence-corrected chi connectivity index (χ3v) is 6.40. The SMILES string of the molecule is CCN(Cc1cccs1)C(=O)c1cc(S(=O)(=O)NC(C)(C)C)ccc1C. The quantitative estimate of drug-likeness (QED) is 0.810. The van der Waals surface area contributed by atoms with Crippen molar-refractivity contribution in [2.45, 2.75) is 51.6 Å². The largest absolute Gasteiger partial charge is 0.334 e. The third kappa shape index (κ3) is 5.16. The van der Waals surface area contributed by atoms with Crippen molar-refractivity contribution >= 4 is 27.3 Å². The van der Waals surface area contributed by atoms with Crippen LogP contribution < -0.4 is 4.72 Å². The van der Waals surface area contributed by atoms with Gasteiger partial charge in [-0.05, 0) is 63.8 Å². The molecule has 26 heavy (non-hydrogen) atoms. The summed E-state index contributed by atoms with van der Waals surface area (Å²) in [5.74, 6) is -0.161. The number of carbonyl (C=O) groups is 1. The Bertz CT molecular complexity index is 867. The number of hydrogen-bond donors (Lipinski definition) is 1. The number of carbonyl (C=O) groups excluding carboxylic acids is 1. The number of benzene rings is 1. The smallest absolute Gasteiger partial charge is 0.254 e. The molecule has 2 rings (SSSR count). The number of amides is 1. The fourth-order valence-electron chi connectivity index (χ4n) is 2.55. The van der Waals surface area contributed by atoms with Crippen molar-refractivity contribution < 1.29 is 13.2 Å². The minimum absolute atomic E-state index is 0.105. The molecule has 0 aliphatic carbocycles. The number of rotatable bonds is 6. The van der Waals surface area contributed by atoms with Crippen molar-refractivity contribution in [2.24, 2.45) is 0 Å². The fraction of sp³-hybridized carbons (Fsp3) is 0.421. The average molecular weight is 395 g/mol. The second kappa shape index (κ2) is 7.90. The van der Waals surface area contributed by atoms with E-state index in [-0.39, 0.29) is 10.8 Å². The number of nitrogens with zero attached hydrogens (tertiary/aromatic N) is 1. The van der Waals surface area contributed by atoms with Crippen LogP contribution in [0.1, 0.15) is 48.5 Å². The van der Waals surface area contributed by atoms with E-state index in [4.69, 9.17) is 0 Å². The Balaban J connectivity index is 2.35. The number of sulfonamides is 1. The molecule has 0 spiro atoms. The third-order valence-electron chi connectivity index (χ3n) is 3.79. The van der Waals surface area contributed by atoms with Crippen LogP contribution in [0.4, 0.5) is 0 Å². The number of hydrogen-bond acceptors (Lipinski definition) is 4. The maximum absolute atomic E-state index is 13.0. The number of thiophene rings is 1. The molecule has 0 bridgehead atoms. The monoisotopic (exact) mass is 394 g/mol. The van der Waals surface area contributed by atoms with Gasteiger partial charge in [0.1, 0.15) is 0 Å². The molecule has 1 heterocycles. The van der Waals surface area contributed by atoms with E-state index in [2.05, 4.69) is 4.72 Å². The van der Waals surface area contributed by atoms with Crippen LogP contribution in [0.25, 0.3) is 0 Å². The van der Waals surface area contributed by atoms with Gasteiger partial charge in [-0.15, -0.1) is 11.3 Å². The van der Waals surface area contributed by atoms with Crippen molar-refractivity contribution in [3.63, 3.8) is 0 Å². The minimum atomic E-state index is -3.69. The summed E-state index contributed by atoms with van der Waals surface area (Å²) >= 11 is 1.60. The van der Waals surface area contributed by atoms with Crippen LogP contribution in [-0.2, 0) is 16.6 Å². The van der Waals surface area contributed by atoms with Crippen molar-refractivity contribution in [3.8, 4) is 0 Å². The maximum Gasteiger partial charge on any atom is 0.254 e. The molecule has 0 aliphatic rings. The van der Waals surface area contributed by atoms with Crippen molar-refractivity contribution in [1.82, 2.24) is 9.62 Å². The molecule has 0 fully saturated rings. The van der Waals surface area contributed by atoms with Crippen LogP contribution in [0.5, 0.6) is 0 Å². The first-order valence-corrected chi connectivity index (χ1v) is 10.9. The highest BCUT2D eigenvalue weighted by Crippen LogP contribution is 2.21. The van der Waals surface area contributed by atoms with Gasteiger partial charge in [0, 0.05) is 22.5 Å². The highest BCUT2D eigenvalue weighted by Gasteiger charge is 2.24. The summed E-state index contributed by atoms with van der Waals surface area (Å²) in [7, 11) is -3.69. The zero-order valence-electron chi connectivity index (χ0n) is 15.9. The van der Waals surface area contributed by atoms with Crippen LogP contribution in [-0.4, -0.2) is 31.3 Å². The van der Waals surface area contributed by atoms with E-state index in [1.165, 1.54) is 12.1 Å². The zero-order valence-corrected chi connectivity index (χ0v) is 17.5. The maximum atomic E-state index is 13.0. The molecule has 5 nitrogen and oxygen atoms in total. The van der Waals surface area contributed by atoms with Gasteiger partial charge in [-0.3, -0.25) is 4.79 Å². The molecule has 142 valence electrons. The number of nitrogens with one attached hydrogen (secondary N) is 1. The summed E-state index contributed by atoms with van der Waals surface area (Å²) < 4.78 is 27.8. The second-order valence-electron chi connectivity index (χ2n) is 7.23. The molecule has 7 heteroatoms. The Morgan fingerprint density at radius 1 is 1.23 bits per heavy atom. The van der Waals surface area contributed by atoms with Gasteiger partial charge in [-0.1, -0.05) is 12.1 Å². The van der Waals surface area contributed by atoms with Crippen LogP contribution in [0.3, 0.4) is 0 Å². The molecule has 1 aromatic heterocycles. The van der Waals surface area contributed by atoms with Gasteiger partial charge in [-0.2, -0.15) is 0 Å². The Morgan fingerprint density at radius 2 is 1.92 bits per heavy atom. The lowest BCUT2D eigenvalue weighted by Gasteiger charge is -2.23.